The zero-order valence-electron chi connectivity index (χ0n) is 10.9. The number of guanidine groups is 1. The predicted molar refractivity (Wildman–Crippen MR) is 69.3 cm³/mol. The lowest BCUT2D eigenvalue weighted by molar-refractivity contribution is -0.120. The van der Waals surface area contributed by atoms with Crippen molar-refractivity contribution in [2.24, 2.45) is 4.99 Å². The minimum Gasteiger partial charge on any atom is -0.383 e. The zero-order valence-corrected chi connectivity index (χ0v) is 10.9. The van der Waals surface area contributed by atoms with E-state index < -0.39 is 6.04 Å². The lowest BCUT2D eigenvalue weighted by Crippen LogP contribution is -2.26. The third kappa shape index (κ3) is 3.08. The van der Waals surface area contributed by atoms with Gasteiger partial charge in [0.05, 0.1) is 13.2 Å². The summed E-state index contributed by atoms with van der Waals surface area (Å²) in [6, 6.07) is 4.09. The van der Waals surface area contributed by atoms with Gasteiger partial charge in [0.25, 0.3) is 5.91 Å². The van der Waals surface area contributed by atoms with E-state index in [4.69, 9.17) is 4.74 Å². The molecular weight excluding hydrogens is 249 g/mol. The minimum absolute atomic E-state index is 0.192. The Labute approximate surface area is 110 Å². The van der Waals surface area contributed by atoms with Gasteiger partial charge in [0.15, 0.2) is 5.96 Å². The molecule has 1 atom stereocenters. The van der Waals surface area contributed by atoms with Gasteiger partial charge in [-0.3, -0.25) is 15.1 Å². The van der Waals surface area contributed by atoms with Crippen LogP contribution >= 0.6 is 0 Å². The molecule has 1 unspecified atom stereocenters. The number of hydrogen-bond donors (Lipinski definition) is 2. The van der Waals surface area contributed by atoms with Crippen LogP contribution in [0.2, 0.25) is 0 Å². The number of benzene rings is 1. The number of nitrogens with zero attached hydrogens (tertiary/aromatic N) is 1. The summed E-state index contributed by atoms with van der Waals surface area (Å²) in [6.07, 6.45) is 0. The Hall–Kier alpha value is -1.95. The van der Waals surface area contributed by atoms with Gasteiger partial charge in [0, 0.05) is 7.11 Å². The maximum Gasteiger partial charge on any atom is 0.253 e. The first-order valence-corrected chi connectivity index (χ1v) is 5.98. The standard InChI is InChI=1S/C13H16FN3O2/c1-8-7-9(3-4-10(8)14)11-12(18)17-13(16-11)15-5-6-19-2/h3-4,7,11H,5-6H2,1-2H3,(H2,15,16,17,18). The Bertz CT molecular complexity index is 517. The van der Waals surface area contributed by atoms with E-state index in [1.807, 2.05) is 0 Å². The molecule has 0 aromatic heterocycles. The first-order valence-electron chi connectivity index (χ1n) is 5.98. The number of halogens is 1. The van der Waals surface area contributed by atoms with Gasteiger partial charge in [-0.25, -0.2) is 4.39 Å². The Morgan fingerprint density at radius 2 is 2.26 bits per heavy atom. The number of carbonyl (C=O) groups excluding carboxylic acids is 1. The number of amides is 1. The highest BCUT2D eigenvalue weighted by atomic mass is 19.1. The lowest BCUT2D eigenvalue weighted by Gasteiger charge is -2.09. The van der Waals surface area contributed by atoms with Crippen molar-refractivity contribution < 1.29 is 13.9 Å². The van der Waals surface area contributed by atoms with Crippen molar-refractivity contribution in [1.29, 1.82) is 0 Å². The van der Waals surface area contributed by atoms with E-state index in [0.29, 0.717) is 30.2 Å². The number of nitrogens with one attached hydrogen (secondary N) is 2. The van der Waals surface area contributed by atoms with Gasteiger partial charge in [-0.1, -0.05) is 12.1 Å². The van der Waals surface area contributed by atoms with Crippen LogP contribution in [0.3, 0.4) is 0 Å². The van der Waals surface area contributed by atoms with E-state index in [2.05, 4.69) is 15.6 Å². The molecule has 1 aliphatic heterocycles. The largest absolute Gasteiger partial charge is 0.383 e. The molecule has 1 aliphatic rings. The average Bonchev–Trinajstić information content (AvgIpc) is 2.74. The van der Waals surface area contributed by atoms with Crippen LogP contribution in [0.4, 0.5) is 4.39 Å². The Balaban J connectivity index is 2.11. The van der Waals surface area contributed by atoms with Crippen LogP contribution in [0.1, 0.15) is 17.2 Å². The normalized spacial score (nSPS) is 20.5. The molecular formula is C13H16FN3O2. The van der Waals surface area contributed by atoms with Crippen molar-refractivity contribution in [3.8, 4) is 0 Å². The van der Waals surface area contributed by atoms with Crippen LogP contribution in [0, 0.1) is 12.7 Å². The topological polar surface area (TPSA) is 62.7 Å². The highest BCUT2D eigenvalue weighted by Gasteiger charge is 2.29. The highest BCUT2D eigenvalue weighted by Crippen LogP contribution is 2.19. The fourth-order valence-corrected chi connectivity index (χ4v) is 1.84. The number of methoxy groups -OCH3 is 1. The second-order valence-corrected chi connectivity index (χ2v) is 4.30. The minimum atomic E-state index is -0.527. The smallest absolute Gasteiger partial charge is 0.253 e. The van der Waals surface area contributed by atoms with Crippen molar-refractivity contribution >= 4 is 11.9 Å². The quantitative estimate of drug-likeness (QED) is 0.795. The molecule has 1 aromatic rings. The van der Waals surface area contributed by atoms with Crippen LogP contribution in [-0.4, -0.2) is 32.1 Å². The fourth-order valence-electron chi connectivity index (χ4n) is 1.84. The zero-order chi connectivity index (χ0) is 13.8. The van der Waals surface area contributed by atoms with Crippen LogP contribution in [-0.2, 0) is 9.53 Å². The fraction of sp³-hybridized carbons (Fsp3) is 0.385. The summed E-state index contributed by atoms with van der Waals surface area (Å²) >= 11 is 0. The molecule has 0 bridgehead atoms. The molecule has 102 valence electrons. The third-order valence-corrected chi connectivity index (χ3v) is 2.87. The second-order valence-electron chi connectivity index (χ2n) is 4.30. The van der Waals surface area contributed by atoms with Gasteiger partial charge in [0.2, 0.25) is 0 Å². The summed E-state index contributed by atoms with van der Waals surface area (Å²) in [4.78, 5) is 16.0. The molecule has 1 heterocycles. The number of rotatable bonds is 4. The van der Waals surface area contributed by atoms with Gasteiger partial charge in [-0.15, -0.1) is 0 Å². The van der Waals surface area contributed by atoms with Gasteiger partial charge in [0.1, 0.15) is 11.9 Å². The highest BCUT2D eigenvalue weighted by molar-refractivity contribution is 6.06. The molecule has 1 aromatic carbocycles. The monoisotopic (exact) mass is 265 g/mol. The molecule has 1 saturated heterocycles. The molecule has 2 rings (SSSR count). The SMILES string of the molecule is COCCN=C1NC(=O)C(c2ccc(F)c(C)c2)N1. The van der Waals surface area contributed by atoms with Crippen molar-refractivity contribution in [2.75, 3.05) is 20.3 Å². The van der Waals surface area contributed by atoms with E-state index in [0.717, 1.165) is 0 Å². The van der Waals surface area contributed by atoms with E-state index in [-0.39, 0.29) is 11.7 Å². The Morgan fingerprint density at radius 1 is 1.47 bits per heavy atom. The van der Waals surface area contributed by atoms with Crippen molar-refractivity contribution in [3.63, 3.8) is 0 Å². The predicted octanol–water partition coefficient (Wildman–Crippen LogP) is 0.897. The molecule has 1 fully saturated rings. The average molecular weight is 265 g/mol. The molecule has 0 aliphatic carbocycles. The van der Waals surface area contributed by atoms with Gasteiger partial charge in [-0.05, 0) is 24.1 Å². The molecule has 0 radical (unpaired) electrons. The Morgan fingerprint density at radius 3 is 2.95 bits per heavy atom. The van der Waals surface area contributed by atoms with E-state index in [1.165, 1.54) is 6.07 Å². The molecule has 0 spiro atoms. The van der Waals surface area contributed by atoms with Crippen LogP contribution in [0.15, 0.2) is 23.2 Å². The number of ether oxygens (including phenoxy) is 1. The maximum atomic E-state index is 13.2. The van der Waals surface area contributed by atoms with Crippen LogP contribution in [0.25, 0.3) is 0 Å². The first-order chi connectivity index (χ1) is 9.11. The molecule has 1 amide bonds. The first kappa shape index (κ1) is 13.5. The van der Waals surface area contributed by atoms with Crippen molar-refractivity contribution in [2.45, 2.75) is 13.0 Å². The summed E-state index contributed by atoms with van der Waals surface area (Å²) in [5.74, 6) is -0.0488. The number of aliphatic imine (C=N–C) groups is 1. The molecule has 19 heavy (non-hydrogen) atoms. The number of carbonyl (C=O) groups is 1. The Kier molecular flexibility index (Phi) is 4.11. The van der Waals surface area contributed by atoms with E-state index in [9.17, 15) is 9.18 Å². The van der Waals surface area contributed by atoms with Gasteiger partial charge in [-0.2, -0.15) is 0 Å². The number of hydrogen-bond acceptors (Lipinski definition) is 3. The van der Waals surface area contributed by atoms with Gasteiger partial charge < -0.3 is 10.1 Å². The summed E-state index contributed by atoms with van der Waals surface area (Å²) in [5, 5.41) is 5.62. The van der Waals surface area contributed by atoms with E-state index in [1.54, 1.807) is 26.2 Å². The van der Waals surface area contributed by atoms with Crippen LogP contribution < -0.4 is 10.6 Å². The van der Waals surface area contributed by atoms with E-state index >= 15 is 0 Å². The summed E-state index contributed by atoms with van der Waals surface area (Å²) < 4.78 is 18.1. The third-order valence-electron chi connectivity index (χ3n) is 2.87. The van der Waals surface area contributed by atoms with Crippen molar-refractivity contribution in [1.82, 2.24) is 10.6 Å². The summed E-state index contributed by atoms with van der Waals surface area (Å²) in [5.41, 5.74) is 1.23. The molecule has 2 N–H and O–H groups in total. The second kappa shape index (κ2) is 5.79. The molecule has 6 heteroatoms. The lowest BCUT2D eigenvalue weighted by atomic mass is 10.0. The van der Waals surface area contributed by atoms with Crippen LogP contribution in [0.5, 0.6) is 0 Å². The van der Waals surface area contributed by atoms with Crippen molar-refractivity contribution in [3.05, 3.63) is 35.1 Å². The maximum absolute atomic E-state index is 13.2. The number of aryl methyl sites for hydroxylation is 1. The summed E-state index contributed by atoms with van der Waals surface area (Å²) in [7, 11) is 1.59. The van der Waals surface area contributed by atoms with Gasteiger partial charge >= 0.3 is 0 Å². The summed E-state index contributed by atoms with van der Waals surface area (Å²) in [6.45, 7) is 2.62. The molecule has 5 nitrogen and oxygen atoms in total. The molecule has 0 saturated carbocycles.